The molecule has 1 aromatic carbocycles. The fourth-order valence-electron chi connectivity index (χ4n) is 1.80. The van der Waals surface area contributed by atoms with Gasteiger partial charge < -0.3 is 14.8 Å². The summed E-state index contributed by atoms with van der Waals surface area (Å²) >= 11 is 11.9. The molecule has 0 radical (unpaired) electrons. The van der Waals surface area contributed by atoms with Crippen LogP contribution in [0.3, 0.4) is 0 Å². The number of carbonyl (C=O) groups is 2. The molecule has 0 saturated heterocycles. The number of ether oxygens (including phenoxy) is 2. The number of benzene rings is 1. The van der Waals surface area contributed by atoms with Crippen LogP contribution in [-0.4, -0.2) is 30.1 Å². The van der Waals surface area contributed by atoms with Crippen molar-refractivity contribution in [1.29, 1.82) is 0 Å². The van der Waals surface area contributed by atoms with Gasteiger partial charge in [0.25, 0.3) is 5.91 Å². The van der Waals surface area contributed by atoms with Crippen molar-refractivity contribution in [3.05, 3.63) is 52.1 Å². The number of nitrogens with zero attached hydrogens (tertiary/aromatic N) is 1. The Hall–Kier alpha value is -2.31. The molecule has 0 bridgehead atoms. The zero-order valence-corrected chi connectivity index (χ0v) is 14.2. The number of carbonyl (C=O) groups excluding carboxylic acids is 2. The molecule has 6 nitrogen and oxygen atoms in total. The summed E-state index contributed by atoms with van der Waals surface area (Å²) < 4.78 is 10.2. The zero-order chi connectivity index (χ0) is 17.5. The monoisotopic (exact) mass is 368 g/mol. The molecule has 2 rings (SSSR count). The van der Waals surface area contributed by atoms with Crippen molar-refractivity contribution >= 4 is 40.8 Å². The maximum atomic E-state index is 12.1. The number of aromatic nitrogens is 1. The van der Waals surface area contributed by atoms with Crippen LogP contribution in [0.1, 0.15) is 17.3 Å². The highest BCUT2D eigenvalue weighted by Crippen LogP contribution is 2.29. The number of amides is 1. The van der Waals surface area contributed by atoms with Crippen molar-refractivity contribution in [3.63, 3.8) is 0 Å². The quantitative estimate of drug-likeness (QED) is 0.788. The minimum atomic E-state index is -0.716. The van der Waals surface area contributed by atoms with Gasteiger partial charge in [0.1, 0.15) is 5.56 Å². The summed E-state index contributed by atoms with van der Waals surface area (Å²) in [6.07, 6.45) is 1.49. The molecule has 0 atom stereocenters. The van der Waals surface area contributed by atoms with E-state index in [4.69, 9.17) is 32.7 Å². The standard InChI is InChI=1S/C16H14Cl2N2O4/c1-2-23-15-10(5-4-8-19-15)16(22)24-9-13(21)20-14-11(17)6-3-7-12(14)18/h3-8H,2,9H2,1H3,(H,20,21). The van der Waals surface area contributed by atoms with Crippen molar-refractivity contribution in [2.75, 3.05) is 18.5 Å². The SMILES string of the molecule is CCOc1ncccc1C(=O)OCC(=O)Nc1c(Cl)cccc1Cl. The molecule has 0 aliphatic carbocycles. The predicted octanol–water partition coefficient (Wildman–Crippen LogP) is 3.58. The third-order valence-corrected chi connectivity index (χ3v) is 3.46. The number of nitrogens with one attached hydrogen (secondary N) is 1. The first-order valence-corrected chi connectivity index (χ1v) is 7.77. The summed E-state index contributed by atoms with van der Waals surface area (Å²) in [4.78, 5) is 27.9. The number of hydrogen-bond donors (Lipinski definition) is 1. The second-order valence-electron chi connectivity index (χ2n) is 4.51. The van der Waals surface area contributed by atoms with Gasteiger partial charge in [-0.1, -0.05) is 29.3 Å². The number of rotatable bonds is 6. The Labute approximate surface area is 148 Å². The van der Waals surface area contributed by atoms with Gasteiger partial charge in [-0.3, -0.25) is 4.79 Å². The fraction of sp³-hybridized carbons (Fsp3) is 0.188. The van der Waals surface area contributed by atoms with Gasteiger partial charge in [0, 0.05) is 6.20 Å². The van der Waals surface area contributed by atoms with Gasteiger partial charge in [-0.2, -0.15) is 0 Å². The highest BCUT2D eigenvalue weighted by atomic mass is 35.5. The molecule has 0 saturated carbocycles. The minimum absolute atomic E-state index is 0.142. The number of para-hydroxylation sites is 1. The molecule has 8 heteroatoms. The lowest BCUT2D eigenvalue weighted by molar-refractivity contribution is -0.119. The van der Waals surface area contributed by atoms with E-state index in [1.807, 2.05) is 0 Å². The van der Waals surface area contributed by atoms with Crippen LogP contribution in [0.4, 0.5) is 5.69 Å². The van der Waals surface area contributed by atoms with E-state index in [1.165, 1.54) is 12.3 Å². The van der Waals surface area contributed by atoms with Crippen LogP contribution < -0.4 is 10.1 Å². The van der Waals surface area contributed by atoms with Crippen LogP contribution in [0.25, 0.3) is 0 Å². The Morgan fingerprint density at radius 1 is 1.17 bits per heavy atom. The third kappa shape index (κ3) is 4.59. The Morgan fingerprint density at radius 2 is 1.88 bits per heavy atom. The summed E-state index contributed by atoms with van der Waals surface area (Å²) in [6, 6.07) is 7.89. The number of pyridine rings is 1. The summed E-state index contributed by atoms with van der Waals surface area (Å²) in [6.45, 7) is 1.62. The molecule has 1 amide bonds. The van der Waals surface area contributed by atoms with Gasteiger partial charge in [0.2, 0.25) is 5.88 Å². The summed E-state index contributed by atoms with van der Waals surface area (Å²) in [5, 5.41) is 3.07. The van der Waals surface area contributed by atoms with Crippen LogP contribution in [0.15, 0.2) is 36.5 Å². The van der Waals surface area contributed by atoms with Crippen LogP contribution in [0.2, 0.25) is 10.0 Å². The molecular weight excluding hydrogens is 355 g/mol. The molecule has 0 aliphatic heterocycles. The van der Waals surface area contributed by atoms with Gasteiger partial charge >= 0.3 is 5.97 Å². The van der Waals surface area contributed by atoms with E-state index < -0.39 is 18.5 Å². The third-order valence-electron chi connectivity index (χ3n) is 2.83. The van der Waals surface area contributed by atoms with E-state index in [0.29, 0.717) is 6.61 Å². The first kappa shape index (κ1) is 18.0. The Bertz CT molecular complexity index is 732. The van der Waals surface area contributed by atoms with Crippen molar-refractivity contribution in [2.45, 2.75) is 6.92 Å². The van der Waals surface area contributed by atoms with E-state index in [1.54, 1.807) is 31.2 Å². The molecule has 0 fully saturated rings. The predicted molar refractivity (Wildman–Crippen MR) is 90.8 cm³/mol. The lowest BCUT2D eigenvalue weighted by atomic mass is 10.3. The molecule has 2 aromatic rings. The maximum absolute atomic E-state index is 12.1. The van der Waals surface area contributed by atoms with Gasteiger partial charge in [-0.05, 0) is 31.2 Å². The zero-order valence-electron chi connectivity index (χ0n) is 12.7. The lowest BCUT2D eigenvalue weighted by Gasteiger charge is -2.10. The second-order valence-corrected chi connectivity index (χ2v) is 5.32. The normalized spacial score (nSPS) is 10.1. The largest absolute Gasteiger partial charge is 0.477 e. The first-order valence-electron chi connectivity index (χ1n) is 7.01. The van der Waals surface area contributed by atoms with Crippen LogP contribution in [0.5, 0.6) is 5.88 Å². The average molecular weight is 369 g/mol. The van der Waals surface area contributed by atoms with Gasteiger partial charge in [-0.25, -0.2) is 9.78 Å². The van der Waals surface area contributed by atoms with Crippen LogP contribution in [-0.2, 0) is 9.53 Å². The van der Waals surface area contributed by atoms with Crippen molar-refractivity contribution < 1.29 is 19.1 Å². The fourth-order valence-corrected chi connectivity index (χ4v) is 2.29. The summed E-state index contributed by atoms with van der Waals surface area (Å²) in [5.41, 5.74) is 0.404. The molecule has 24 heavy (non-hydrogen) atoms. The van der Waals surface area contributed by atoms with Crippen molar-refractivity contribution in [3.8, 4) is 5.88 Å². The van der Waals surface area contributed by atoms with Gasteiger partial charge in [0.05, 0.1) is 22.3 Å². The van der Waals surface area contributed by atoms with Crippen LogP contribution in [0, 0.1) is 0 Å². The van der Waals surface area contributed by atoms with Crippen molar-refractivity contribution in [1.82, 2.24) is 4.98 Å². The molecule has 1 heterocycles. The first-order chi connectivity index (χ1) is 11.5. The number of halogens is 2. The Morgan fingerprint density at radius 3 is 2.54 bits per heavy atom. The van der Waals surface area contributed by atoms with Crippen LogP contribution >= 0.6 is 23.2 Å². The smallest absolute Gasteiger partial charge is 0.344 e. The highest BCUT2D eigenvalue weighted by Gasteiger charge is 2.17. The lowest BCUT2D eigenvalue weighted by Crippen LogP contribution is -2.21. The van der Waals surface area contributed by atoms with E-state index >= 15 is 0 Å². The second kappa shape index (κ2) is 8.52. The summed E-state index contributed by atoms with van der Waals surface area (Å²) in [5.74, 6) is -1.13. The number of anilines is 1. The van der Waals surface area contributed by atoms with E-state index in [0.717, 1.165) is 0 Å². The molecule has 1 aromatic heterocycles. The molecule has 0 spiro atoms. The number of esters is 1. The number of hydrogen-bond acceptors (Lipinski definition) is 5. The molecule has 0 unspecified atom stereocenters. The van der Waals surface area contributed by atoms with Gasteiger partial charge in [0.15, 0.2) is 6.61 Å². The van der Waals surface area contributed by atoms with Gasteiger partial charge in [-0.15, -0.1) is 0 Å². The topological polar surface area (TPSA) is 77.5 Å². The van der Waals surface area contributed by atoms with Crippen molar-refractivity contribution in [2.24, 2.45) is 0 Å². The average Bonchev–Trinajstić information content (AvgIpc) is 2.57. The van der Waals surface area contributed by atoms with E-state index in [2.05, 4.69) is 10.3 Å². The Balaban J connectivity index is 1.98. The highest BCUT2D eigenvalue weighted by molar-refractivity contribution is 6.39. The maximum Gasteiger partial charge on any atom is 0.344 e. The Kier molecular flexibility index (Phi) is 6.40. The minimum Gasteiger partial charge on any atom is -0.477 e. The van der Waals surface area contributed by atoms with E-state index in [9.17, 15) is 9.59 Å². The molecule has 1 N–H and O–H groups in total. The summed E-state index contributed by atoms with van der Waals surface area (Å²) in [7, 11) is 0. The molecular formula is C16H14Cl2N2O4. The molecule has 0 aliphatic rings. The van der Waals surface area contributed by atoms with E-state index in [-0.39, 0.29) is 27.2 Å². The molecule has 126 valence electrons.